The standard InChI is InChI=1S/C57H35N5S/c1-4-16-36(17-5-1)38-29-31-53-46(32-38)47-34-41(62-49-25-13-10-22-42(49)43-23-11-14-26-50(43)62)35-48(54(47)63-53)57-59-55(37-18-6-2-7-19-37)58-56(60-57)39-28-30-52-45(33-39)44-24-12-15-27-51(44)61(52)40-20-8-3-9-21-40/h1-35H. The first kappa shape index (κ1) is 35.6. The van der Waals surface area contributed by atoms with E-state index in [9.17, 15) is 0 Å². The Kier molecular flexibility index (Phi) is 8.01. The number of fused-ring (bicyclic) bond motifs is 9. The molecule has 0 radical (unpaired) electrons. The van der Waals surface area contributed by atoms with Gasteiger partial charge in [0.25, 0.3) is 0 Å². The first-order valence-corrected chi connectivity index (χ1v) is 22.0. The van der Waals surface area contributed by atoms with Crippen LogP contribution in [0.15, 0.2) is 212 Å². The molecule has 0 N–H and O–H groups in total. The molecule has 13 rings (SSSR count). The highest BCUT2D eigenvalue weighted by Crippen LogP contribution is 2.44. The molecule has 294 valence electrons. The fourth-order valence-electron chi connectivity index (χ4n) is 9.48. The zero-order valence-corrected chi connectivity index (χ0v) is 34.7. The van der Waals surface area contributed by atoms with E-state index >= 15 is 0 Å². The van der Waals surface area contributed by atoms with E-state index in [2.05, 4.69) is 203 Å². The highest BCUT2D eigenvalue weighted by molar-refractivity contribution is 7.26. The Morgan fingerprint density at radius 1 is 0.302 bits per heavy atom. The van der Waals surface area contributed by atoms with Gasteiger partial charge in [-0.2, -0.15) is 0 Å². The average molecular weight is 822 g/mol. The zero-order valence-electron chi connectivity index (χ0n) is 33.9. The van der Waals surface area contributed by atoms with E-state index < -0.39 is 0 Å². The lowest BCUT2D eigenvalue weighted by atomic mass is 10.0. The zero-order chi connectivity index (χ0) is 41.4. The van der Waals surface area contributed by atoms with Crippen LogP contribution in [0.25, 0.3) is 120 Å². The summed E-state index contributed by atoms with van der Waals surface area (Å²) < 4.78 is 7.08. The molecule has 0 aliphatic rings. The lowest BCUT2D eigenvalue weighted by molar-refractivity contribution is 1.07. The van der Waals surface area contributed by atoms with E-state index in [1.165, 1.54) is 42.8 Å². The van der Waals surface area contributed by atoms with E-state index in [0.717, 1.165) is 60.2 Å². The second-order valence-corrected chi connectivity index (χ2v) is 17.1. The normalized spacial score (nSPS) is 11.8. The summed E-state index contributed by atoms with van der Waals surface area (Å²) in [6.45, 7) is 0. The predicted molar refractivity (Wildman–Crippen MR) is 263 cm³/mol. The molecule has 9 aromatic carbocycles. The molecule has 6 heteroatoms. The third-order valence-corrected chi connectivity index (χ3v) is 13.6. The van der Waals surface area contributed by atoms with E-state index in [0.29, 0.717) is 17.5 Å². The topological polar surface area (TPSA) is 48.5 Å². The molecule has 0 aliphatic heterocycles. The molecule has 13 aromatic rings. The first-order chi connectivity index (χ1) is 31.2. The van der Waals surface area contributed by atoms with E-state index in [-0.39, 0.29) is 0 Å². The van der Waals surface area contributed by atoms with Gasteiger partial charge in [0, 0.05) is 69.8 Å². The Balaban J connectivity index is 1.09. The van der Waals surface area contributed by atoms with Crippen LogP contribution < -0.4 is 0 Å². The quantitative estimate of drug-likeness (QED) is 0.168. The van der Waals surface area contributed by atoms with Gasteiger partial charge in [-0.1, -0.05) is 140 Å². The SMILES string of the molecule is c1ccc(-c2ccc3sc4c(-c5nc(-c6ccccc6)nc(-c6ccc7c(c6)c6ccccc6n7-c6ccccc6)n5)cc(-n5c6ccccc6c6ccccc65)cc4c3c2)cc1. The Labute approximate surface area is 366 Å². The van der Waals surface area contributed by atoms with Gasteiger partial charge in [0.2, 0.25) is 0 Å². The maximum absolute atomic E-state index is 5.45. The molecule has 0 amide bonds. The molecule has 0 fully saturated rings. The molecule has 0 saturated carbocycles. The van der Waals surface area contributed by atoms with E-state index in [4.69, 9.17) is 15.0 Å². The summed E-state index contributed by atoms with van der Waals surface area (Å²) in [5, 5.41) is 7.13. The number of thiophene rings is 1. The molecule has 0 aliphatic carbocycles. The molecule has 0 unspecified atom stereocenters. The van der Waals surface area contributed by atoms with Crippen molar-refractivity contribution in [3.63, 3.8) is 0 Å². The Morgan fingerprint density at radius 2 is 0.794 bits per heavy atom. The number of rotatable bonds is 6. The monoisotopic (exact) mass is 821 g/mol. The molecule has 5 nitrogen and oxygen atoms in total. The minimum Gasteiger partial charge on any atom is -0.309 e. The summed E-state index contributed by atoms with van der Waals surface area (Å²) in [6.07, 6.45) is 0. The van der Waals surface area contributed by atoms with Crippen molar-refractivity contribution in [2.45, 2.75) is 0 Å². The van der Waals surface area contributed by atoms with Crippen molar-refractivity contribution in [2.75, 3.05) is 0 Å². The molecule has 0 saturated heterocycles. The molecule has 63 heavy (non-hydrogen) atoms. The number of para-hydroxylation sites is 4. The number of benzene rings is 9. The van der Waals surface area contributed by atoms with Crippen LogP contribution in [0.5, 0.6) is 0 Å². The lowest BCUT2D eigenvalue weighted by Crippen LogP contribution is -2.01. The van der Waals surface area contributed by atoms with Gasteiger partial charge in [0.1, 0.15) is 0 Å². The summed E-state index contributed by atoms with van der Waals surface area (Å²) in [4.78, 5) is 16.1. The Morgan fingerprint density at radius 3 is 1.46 bits per heavy atom. The number of hydrogen-bond donors (Lipinski definition) is 0. The van der Waals surface area contributed by atoms with Crippen molar-refractivity contribution >= 4 is 75.1 Å². The van der Waals surface area contributed by atoms with Crippen LogP contribution in [0.2, 0.25) is 0 Å². The van der Waals surface area contributed by atoms with Crippen molar-refractivity contribution in [2.24, 2.45) is 0 Å². The summed E-state index contributed by atoms with van der Waals surface area (Å²) >= 11 is 1.80. The van der Waals surface area contributed by atoms with Crippen molar-refractivity contribution < 1.29 is 0 Å². The van der Waals surface area contributed by atoms with Crippen LogP contribution in [0.3, 0.4) is 0 Å². The van der Waals surface area contributed by atoms with Crippen LogP contribution in [-0.2, 0) is 0 Å². The van der Waals surface area contributed by atoms with Gasteiger partial charge >= 0.3 is 0 Å². The number of nitrogens with zero attached hydrogens (tertiary/aromatic N) is 5. The van der Waals surface area contributed by atoms with Crippen LogP contribution in [0.4, 0.5) is 0 Å². The third-order valence-electron chi connectivity index (χ3n) is 12.4. The Hall–Kier alpha value is -8.19. The summed E-state index contributed by atoms with van der Waals surface area (Å²) in [5.41, 5.74) is 12.0. The molecule has 4 aromatic heterocycles. The van der Waals surface area contributed by atoms with E-state index in [1.807, 2.05) is 18.2 Å². The summed E-state index contributed by atoms with van der Waals surface area (Å²) in [7, 11) is 0. The van der Waals surface area contributed by atoms with Crippen molar-refractivity contribution in [3.05, 3.63) is 212 Å². The molecule has 0 spiro atoms. The largest absolute Gasteiger partial charge is 0.309 e. The second kappa shape index (κ2) is 14.2. The van der Waals surface area contributed by atoms with Gasteiger partial charge in [-0.25, -0.2) is 15.0 Å². The second-order valence-electron chi connectivity index (χ2n) is 16.0. The minimum atomic E-state index is 0.625. The van der Waals surface area contributed by atoms with Crippen molar-refractivity contribution in [3.8, 4) is 56.7 Å². The van der Waals surface area contributed by atoms with E-state index in [1.54, 1.807) is 11.3 Å². The Bertz CT molecular complexity index is 3850. The summed E-state index contributed by atoms with van der Waals surface area (Å²) in [5.74, 6) is 1.89. The first-order valence-electron chi connectivity index (χ1n) is 21.2. The van der Waals surface area contributed by atoms with Gasteiger partial charge in [-0.15, -0.1) is 11.3 Å². The predicted octanol–water partition coefficient (Wildman–Crippen LogP) is 15.1. The fraction of sp³-hybridized carbons (Fsp3) is 0. The highest BCUT2D eigenvalue weighted by atomic mass is 32.1. The van der Waals surface area contributed by atoms with Crippen molar-refractivity contribution in [1.82, 2.24) is 24.1 Å². The van der Waals surface area contributed by atoms with Crippen molar-refractivity contribution in [1.29, 1.82) is 0 Å². The number of hydrogen-bond acceptors (Lipinski definition) is 4. The van der Waals surface area contributed by atoms with Gasteiger partial charge in [-0.3, -0.25) is 0 Å². The molecule has 0 bridgehead atoms. The smallest absolute Gasteiger partial charge is 0.165 e. The van der Waals surface area contributed by atoms with Gasteiger partial charge in [0.15, 0.2) is 17.5 Å². The minimum absolute atomic E-state index is 0.625. The lowest BCUT2D eigenvalue weighted by Gasteiger charge is -2.13. The van der Waals surface area contributed by atoms with Gasteiger partial charge in [0.05, 0.1) is 22.1 Å². The summed E-state index contributed by atoms with van der Waals surface area (Å²) in [6, 6.07) is 75.6. The van der Waals surface area contributed by atoms with Crippen LogP contribution >= 0.6 is 11.3 Å². The molecular formula is C57H35N5S. The maximum Gasteiger partial charge on any atom is 0.165 e. The number of aromatic nitrogens is 5. The molecular weight excluding hydrogens is 787 g/mol. The van der Waals surface area contributed by atoms with Gasteiger partial charge in [-0.05, 0) is 83.9 Å². The third kappa shape index (κ3) is 5.73. The van der Waals surface area contributed by atoms with Gasteiger partial charge < -0.3 is 9.13 Å². The maximum atomic E-state index is 5.45. The highest BCUT2D eigenvalue weighted by Gasteiger charge is 2.22. The molecule has 0 atom stereocenters. The fourth-order valence-corrected chi connectivity index (χ4v) is 10.7. The van der Waals surface area contributed by atoms with Crippen LogP contribution in [-0.4, -0.2) is 24.1 Å². The van der Waals surface area contributed by atoms with Crippen LogP contribution in [0.1, 0.15) is 0 Å². The molecule has 4 heterocycles. The average Bonchev–Trinajstić information content (AvgIpc) is 4.01. The van der Waals surface area contributed by atoms with Crippen LogP contribution in [0, 0.1) is 0 Å².